The van der Waals surface area contributed by atoms with Gasteiger partial charge in [0.25, 0.3) is 0 Å². The van der Waals surface area contributed by atoms with Crippen molar-refractivity contribution in [2.45, 2.75) is 58.1 Å². The van der Waals surface area contributed by atoms with Crippen LogP contribution in [0.1, 0.15) is 42.9 Å². The van der Waals surface area contributed by atoms with Gasteiger partial charge in [0, 0.05) is 18.6 Å². The van der Waals surface area contributed by atoms with Crippen LogP contribution in [-0.2, 0) is 25.5 Å². The van der Waals surface area contributed by atoms with E-state index >= 15 is 0 Å². The Morgan fingerprint density at radius 3 is 2.48 bits per heavy atom. The predicted molar refractivity (Wildman–Crippen MR) is 96.8 cm³/mol. The average molecular weight is 368 g/mol. The van der Waals surface area contributed by atoms with Crippen LogP contribution in [0.4, 0.5) is 0 Å². The van der Waals surface area contributed by atoms with E-state index in [1.807, 2.05) is 26.0 Å². The first kappa shape index (κ1) is 19.7. The maximum Gasteiger partial charge on any atom is 0.331 e. The number of aryl methyl sites for hydroxylation is 2. The zero-order chi connectivity index (χ0) is 18.6. The third-order valence-electron chi connectivity index (χ3n) is 4.85. The summed E-state index contributed by atoms with van der Waals surface area (Å²) in [5.74, 6) is -0.578. The SMILES string of the molecule is CCOC(=O)C1(NC(=O)Cc2c(C)cc(Cl)cc2C)CCC(OC)C1. The van der Waals surface area contributed by atoms with Crippen LogP contribution < -0.4 is 5.32 Å². The second-order valence-electron chi connectivity index (χ2n) is 6.65. The van der Waals surface area contributed by atoms with Crippen LogP contribution in [0.5, 0.6) is 0 Å². The van der Waals surface area contributed by atoms with E-state index in [0.717, 1.165) is 16.7 Å². The molecule has 0 bridgehead atoms. The maximum atomic E-state index is 12.7. The first-order chi connectivity index (χ1) is 11.8. The average Bonchev–Trinajstić information content (AvgIpc) is 2.95. The molecule has 1 amide bonds. The lowest BCUT2D eigenvalue weighted by Gasteiger charge is -2.28. The molecule has 1 aliphatic rings. The number of carbonyl (C=O) groups is 2. The van der Waals surface area contributed by atoms with E-state index < -0.39 is 5.54 Å². The van der Waals surface area contributed by atoms with E-state index in [0.29, 0.717) is 24.3 Å². The number of hydrogen-bond donors (Lipinski definition) is 1. The highest BCUT2D eigenvalue weighted by atomic mass is 35.5. The number of hydrogen-bond acceptors (Lipinski definition) is 4. The number of rotatable bonds is 6. The van der Waals surface area contributed by atoms with Crippen molar-refractivity contribution in [2.75, 3.05) is 13.7 Å². The summed E-state index contributed by atoms with van der Waals surface area (Å²) in [6.45, 7) is 5.90. The molecule has 6 heteroatoms. The third kappa shape index (κ3) is 4.53. The molecule has 1 N–H and O–H groups in total. The Kier molecular flexibility index (Phi) is 6.47. The van der Waals surface area contributed by atoms with Crippen molar-refractivity contribution >= 4 is 23.5 Å². The van der Waals surface area contributed by atoms with Gasteiger partial charge in [-0.25, -0.2) is 4.79 Å². The summed E-state index contributed by atoms with van der Waals surface area (Å²) in [6, 6.07) is 3.68. The molecule has 0 heterocycles. The highest BCUT2D eigenvalue weighted by Gasteiger charge is 2.48. The molecule has 0 aromatic heterocycles. The minimum absolute atomic E-state index is 0.0521. The Morgan fingerprint density at radius 2 is 1.96 bits per heavy atom. The minimum Gasteiger partial charge on any atom is -0.464 e. The first-order valence-electron chi connectivity index (χ1n) is 8.58. The zero-order valence-corrected chi connectivity index (χ0v) is 16.0. The van der Waals surface area contributed by atoms with E-state index in [-0.39, 0.29) is 31.0 Å². The zero-order valence-electron chi connectivity index (χ0n) is 15.3. The number of carbonyl (C=O) groups excluding carboxylic acids is 2. The van der Waals surface area contributed by atoms with Crippen molar-refractivity contribution < 1.29 is 19.1 Å². The van der Waals surface area contributed by atoms with Crippen molar-refractivity contribution in [1.82, 2.24) is 5.32 Å². The summed E-state index contributed by atoms with van der Waals surface area (Å²) < 4.78 is 10.6. The summed E-state index contributed by atoms with van der Waals surface area (Å²) in [6.07, 6.45) is 1.83. The summed E-state index contributed by atoms with van der Waals surface area (Å²) in [4.78, 5) is 25.2. The van der Waals surface area contributed by atoms with Crippen LogP contribution in [-0.4, -0.2) is 37.2 Å². The highest BCUT2D eigenvalue weighted by Crippen LogP contribution is 2.33. The van der Waals surface area contributed by atoms with Gasteiger partial charge in [-0.1, -0.05) is 11.6 Å². The second kappa shape index (κ2) is 8.19. The van der Waals surface area contributed by atoms with Crippen molar-refractivity contribution in [3.05, 3.63) is 33.8 Å². The van der Waals surface area contributed by atoms with Crippen LogP contribution >= 0.6 is 11.6 Å². The second-order valence-corrected chi connectivity index (χ2v) is 7.08. The molecule has 1 aromatic carbocycles. The fourth-order valence-electron chi connectivity index (χ4n) is 3.51. The van der Waals surface area contributed by atoms with Crippen LogP contribution in [0.15, 0.2) is 12.1 Å². The Labute approximate surface area is 154 Å². The number of halogens is 1. The molecule has 138 valence electrons. The van der Waals surface area contributed by atoms with Gasteiger partial charge in [0.05, 0.1) is 19.1 Å². The number of amides is 1. The lowest BCUT2D eigenvalue weighted by Crippen LogP contribution is -2.54. The molecule has 0 spiro atoms. The highest BCUT2D eigenvalue weighted by molar-refractivity contribution is 6.30. The molecule has 5 nitrogen and oxygen atoms in total. The van der Waals surface area contributed by atoms with Crippen molar-refractivity contribution in [3.63, 3.8) is 0 Å². The third-order valence-corrected chi connectivity index (χ3v) is 5.06. The van der Waals surface area contributed by atoms with Crippen LogP contribution in [0.3, 0.4) is 0 Å². The summed E-state index contributed by atoms with van der Waals surface area (Å²) in [5.41, 5.74) is 1.86. The monoisotopic (exact) mass is 367 g/mol. The van der Waals surface area contributed by atoms with Gasteiger partial charge in [-0.15, -0.1) is 0 Å². The largest absolute Gasteiger partial charge is 0.464 e. The van der Waals surface area contributed by atoms with Gasteiger partial charge in [-0.2, -0.15) is 0 Å². The van der Waals surface area contributed by atoms with Gasteiger partial charge in [-0.05, 0) is 62.4 Å². The molecule has 25 heavy (non-hydrogen) atoms. The molecular formula is C19H26ClNO4. The smallest absolute Gasteiger partial charge is 0.331 e. The lowest BCUT2D eigenvalue weighted by atomic mass is 9.95. The van der Waals surface area contributed by atoms with Crippen molar-refractivity contribution in [1.29, 1.82) is 0 Å². The Bertz CT molecular complexity index is 638. The number of nitrogens with one attached hydrogen (secondary N) is 1. The van der Waals surface area contributed by atoms with Gasteiger partial charge in [0.2, 0.25) is 5.91 Å². The molecule has 0 saturated heterocycles. The summed E-state index contributed by atoms with van der Waals surface area (Å²) in [7, 11) is 1.62. The molecule has 0 radical (unpaired) electrons. The Hall–Kier alpha value is -1.59. The molecule has 0 aliphatic heterocycles. The summed E-state index contributed by atoms with van der Waals surface area (Å²) >= 11 is 6.05. The first-order valence-corrected chi connectivity index (χ1v) is 8.95. The minimum atomic E-state index is -0.998. The van der Waals surface area contributed by atoms with Crippen LogP contribution in [0.25, 0.3) is 0 Å². The van der Waals surface area contributed by atoms with Crippen LogP contribution in [0.2, 0.25) is 5.02 Å². The quantitative estimate of drug-likeness (QED) is 0.784. The van der Waals surface area contributed by atoms with Gasteiger partial charge in [0.15, 0.2) is 0 Å². The number of benzene rings is 1. The van der Waals surface area contributed by atoms with E-state index in [4.69, 9.17) is 21.1 Å². The molecule has 1 saturated carbocycles. The van der Waals surface area contributed by atoms with Crippen molar-refractivity contribution in [3.8, 4) is 0 Å². The van der Waals surface area contributed by atoms with Gasteiger partial charge in [-0.3, -0.25) is 4.79 Å². The fraction of sp³-hybridized carbons (Fsp3) is 0.579. The van der Waals surface area contributed by atoms with E-state index in [2.05, 4.69) is 5.32 Å². The Balaban J connectivity index is 2.17. The lowest BCUT2D eigenvalue weighted by molar-refractivity contribution is -0.153. The molecular weight excluding hydrogens is 342 g/mol. The number of esters is 1. The standard InChI is InChI=1S/C19H26ClNO4/c1-5-25-18(23)19(7-6-15(11-19)24-4)21-17(22)10-16-12(2)8-14(20)9-13(16)3/h8-9,15H,5-7,10-11H2,1-4H3,(H,21,22). The molecule has 1 aliphatic carbocycles. The number of methoxy groups -OCH3 is 1. The van der Waals surface area contributed by atoms with E-state index in [9.17, 15) is 9.59 Å². The van der Waals surface area contributed by atoms with Gasteiger partial charge >= 0.3 is 5.97 Å². The van der Waals surface area contributed by atoms with E-state index in [1.54, 1.807) is 14.0 Å². The molecule has 1 aromatic rings. The van der Waals surface area contributed by atoms with Gasteiger partial charge < -0.3 is 14.8 Å². The molecule has 1 fully saturated rings. The van der Waals surface area contributed by atoms with Crippen molar-refractivity contribution in [2.24, 2.45) is 0 Å². The fourth-order valence-corrected chi connectivity index (χ4v) is 3.84. The number of ether oxygens (including phenoxy) is 2. The van der Waals surface area contributed by atoms with Gasteiger partial charge in [0.1, 0.15) is 5.54 Å². The topological polar surface area (TPSA) is 64.6 Å². The molecule has 2 unspecified atom stereocenters. The predicted octanol–water partition coefficient (Wildman–Crippen LogP) is 3.12. The maximum absolute atomic E-state index is 12.7. The molecule has 2 atom stereocenters. The molecule has 2 rings (SSSR count). The Morgan fingerprint density at radius 1 is 1.32 bits per heavy atom. The normalized spacial score (nSPS) is 22.7. The van der Waals surface area contributed by atoms with E-state index in [1.165, 1.54) is 0 Å². The van der Waals surface area contributed by atoms with Crippen LogP contribution in [0, 0.1) is 13.8 Å². The summed E-state index contributed by atoms with van der Waals surface area (Å²) in [5, 5.41) is 3.59.